The van der Waals surface area contributed by atoms with Gasteiger partial charge in [-0.2, -0.15) is 0 Å². The summed E-state index contributed by atoms with van der Waals surface area (Å²) in [6, 6.07) is 8.59. The van der Waals surface area contributed by atoms with Gasteiger partial charge in [0, 0.05) is 39.1 Å². The Hall–Kier alpha value is -2.18. The molecule has 6 nitrogen and oxygen atoms in total. The molecular formula is C20H29N5O. The number of aromatic nitrogens is 2. The second-order valence-electron chi connectivity index (χ2n) is 6.97. The van der Waals surface area contributed by atoms with E-state index in [0.29, 0.717) is 6.54 Å². The maximum absolute atomic E-state index is 12.6. The van der Waals surface area contributed by atoms with Crippen molar-refractivity contribution in [2.45, 2.75) is 32.4 Å². The molecule has 1 amide bonds. The normalized spacial score (nSPS) is 19.3. The number of piperazine rings is 1. The van der Waals surface area contributed by atoms with E-state index >= 15 is 0 Å². The zero-order chi connectivity index (χ0) is 18.5. The predicted molar refractivity (Wildman–Crippen MR) is 103 cm³/mol. The Balaban J connectivity index is 1.61. The van der Waals surface area contributed by atoms with Crippen LogP contribution in [0.2, 0.25) is 0 Å². The summed E-state index contributed by atoms with van der Waals surface area (Å²) < 4.78 is 2.03. The van der Waals surface area contributed by atoms with Crippen LogP contribution in [-0.4, -0.2) is 46.5 Å². The molecule has 2 aromatic rings. The van der Waals surface area contributed by atoms with Crippen LogP contribution in [0.1, 0.15) is 42.9 Å². The summed E-state index contributed by atoms with van der Waals surface area (Å²) in [6.07, 6.45) is 4.78. The monoisotopic (exact) mass is 355 g/mol. The van der Waals surface area contributed by atoms with Crippen molar-refractivity contribution in [3.63, 3.8) is 0 Å². The quantitative estimate of drug-likeness (QED) is 0.830. The number of imidazole rings is 1. The number of hydrogen-bond acceptors (Lipinski definition) is 4. The number of amides is 1. The fourth-order valence-corrected chi connectivity index (χ4v) is 3.49. The number of carbonyl (C=O) groups is 1. The lowest BCUT2D eigenvalue weighted by Crippen LogP contribution is -2.50. The van der Waals surface area contributed by atoms with E-state index in [9.17, 15) is 4.79 Å². The minimum atomic E-state index is 0.00272. The SMILES string of the molecule is CCc1ccc(C(C)NC(=O)CN2CCNCC2c2nccn2C)cc1. The van der Waals surface area contributed by atoms with Gasteiger partial charge in [0.1, 0.15) is 5.82 Å². The standard InChI is InChI=1S/C20H29N5O/c1-4-16-5-7-17(8-6-16)15(2)23-19(26)14-25-12-9-21-13-18(25)20-22-10-11-24(20)3/h5-8,10-11,15,18,21H,4,9,12-14H2,1-3H3,(H,23,26). The highest BCUT2D eigenvalue weighted by molar-refractivity contribution is 5.78. The molecular weight excluding hydrogens is 326 g/mol. The lowest BCUT2D eigenvalue weighted by Gasteiger charge is -2.35. The molecule has 2 unspecified atom stereocenters. The van der Waals surface area contributed by atoms with Crippen LogP contribution in [0.3, 0.4) is 0 Å². The van der Waals surface area contributed by atoms with Crippen LogP contribution >= 0.6 is 0 Å². The Labute approximate surface area is 155 Å². The van der Waals surface area contributed by atoms with Crippen molar-refractivity contribution in [2.24, 2.45) is 7.05 Å². The minimum absolute atomic E-state index is 0.00272. The third-order valence-corrected chi connectivity index (χ3v) is 5.12. The smallest absolute Gasteiger partial charge is 0.234 e. The third kappa shape index (κ3) is 4.31. The molecule has 1 fully saturated rings. The molecule has 2 N–H and O–H groups in total. The van der Waals surface area contributed by atoms with Gasteiger partial charge < -0.3 is 15.2 Å². The largest absolute Gasteiger partial charge is 0.348 e. The summed E-state index contributed by atoms with van der Waals surface area (Å²) in [5.74, 6) is 1.05. The lowest BCUT2D eigenvalue weighted by molar-refractivity contribution is -0.123. The zero-order valence-electron chi connectivity index (χ0n) is 15.9. The van der Waals surface area contributed by atoms with Crippen LogP contribution < -0.4 is 10.6 Å². The molecule has 1 aliphatic heterocycles. The van der Waals surface area contributed by atoms with Gasteiger partial charge in [0.15, 0.2) is 0 Å². The Morgan fingerprint density at radius 1 is 1.38 bits per heavy atom. The van der Waals surface area contributed by atoms with E-state index in [0.717, 1.165) is 37.4 Å². The number of nitrogens with one attached hydrogen (secondary N) is 2. The molecule has 0 saturated carbocycles. The molecule has 1 aliphatic rings. The summed E-state index contributed by atoms with van der Waals surface area (Å²) in [6.45, 7) is 7.11. The fraction of sp³-hybridized carbons (Fsp3) is 0.500. The van der Waals surface area contributed by atoms with Gasteiger partial charge in [-0.05, 0) is 24.5 Å². The number of rotatable bonds is 6. The zero-order valence-corrected chi connectivity index (χ0v) is 15.9. The van der Waals surface area contributed by atoms with Crippen LogP contribution in [-0.2, 0) is 18.3 Å². The van der Waals surface area contributed by atoms with Crippen LogP contribution in [0.25, 0.3) is 0 Å². The Morgan fingerprint density at radius 3 is 2.81 bits per heavy atom. The molecule has 0 aliphatic carbocycles. The van der Waals surface area contributed by atoms with Gasteiger partial charge in [-0.1, -0.05) is 31.2 Å². The second-order valence-corrected chi connectivity index (χ2v) is 6.97. The molecule has 26 heavy (non-hydrogen) atoms. The van der Waals surface area contributed by atoms with Gasteiger partial charge in [-0.15, -0.1) is 0 Å². The average molecular weight is 355 g/mol. The molecule has 0 spiro atoms. The molecule has 0 radical (unpaired) electrons. The Kier molecular flexibility index (Phi) is 6.06. The molecule has 140 valence electrons. The maximum Gasteiger partial charge on any atom is 0.234 e. The highest BCUT2D eigenvalue weighted by atomic mass is 16.2. The first kappa shape index (κ1) is 18.6. The second kappa shape index (κ2) is 8.47. The number of benzene rings is 1. The van der Waals surface area contributed by atoms with Crippen LogP contribution in [0.15, 0.2) is 36.7 Å². The summed E-state index contributed by atoms with van der Waals surface area (Å²) >= 11 is 0. The third-order valence-electron chi connectivity index (χ3n) is 5.12. The number of carbonyl (C=O) groups excluding carboxylic acids is 1. The first-order valence-electron chi connectivity index (χ1n) is 9.38. The fourth-order valence-electron chi connectivity index (χ4n) is 3.49. The van der Waals surface area contributed by atoms with Crippen molar-refractivity contribution in [1.82, 2.24) is 25.1 Å². The van der Waals surface area contributed by atoms with Crippen LogP contribution in [0.5, 0.6) is 0 Å². The van der Waals surface area contributed by atoms with Crippen LogP contribution in [0, 0.1) is 0 Å². The van der Waals surface area contributed by atoms with Gasteiger partial charge in [-0.3, -0.25) is 9.69 Å². The van der Waals surface area contributed by atoms with E-state index in [4.69, 9.17) is 0 Å². The van der Waals surface area contributed by atoms with E-state index in [1.54, 1.807) is 0 Å². The van der Waals surface area contributed by atoms with Gasteiger partial charge >= 0.3 is 0 Å². The minimum Gasteiger partial charge on any atom is -0.348 e. The highest BCUT2D eigenvalue weighted by Gasteiger charge is 2.28. The molecule has 3 rings (SSSR count). The molecule has 1 aromatic heterocycles. The summed E-state index contributed by atoms with van der Waals surface area (Å²) in [4.78, 5) is 19.3. The molecule has 2 atom stereocenters. The summed E-state index contributed by atoms with van der Waals surface area (Å²) in [5.41, 5.74) is 2.45. The molecule has 0 bridgehead atoms. The van der Waals surface area contributed by atoms with Crippen molar-refractivity contribution in [2.75, 3.05) is 26.2 Å². The summed E-state index contributed by atoms with van der Waals surface area (Å²) in [7, 11) is 2.00. The van der Waals surface area contributed by atoms with Crippen molar-refractivity contribution in [1.29, 1.82) is 0 Å². The van der Waals surface area contributed by atoms with Crippen molar-refractivity contribution in [3.8, 4) is 0 Å². The van der Waals surface area contributed by atoms with Gasteiger partial charge in [-0.25, -0.2) is 4.98 Å². The maximum atomic E-state index is 12.6. The Bertz CT molecular complexity index is 724. The van der Waals surface area contributed by atoms with Crippen molar-refractivity contribution < 1.29 is 4.79 Å². The summed E-state index contributed by atoms with van der Waals surface area (Å²) in [5, 5.41) is 6.54. The number of aryl methyl sites for hydroxylation is 2. The first-order valence-corrected chi connectivity index (χ1v) is 9.38. The van der Waals surface area contributed by atoms with Crippen molar-refractivity contribution in [3.05, 3.63) is 53.6 Å². The van der Waals surface area contributed by atoms with Crippen LogP contribution in [0.4, 0.5) is 0 Å². The number of hydrogen-bond donors (Lipinski definition) is 2. The molecule has 2 heterocycles. The first-order chi connectivity index (χ1) is 12.6. The number of nitrogens with zero attached hydrogens (tertiary/aromatic N) is 3. The molecule has 1 aromatic carbocycles. The van der Waals surface area contributed by atoms with E-state index in [1.165, 1.54) is 5.56 Å². The predicted octanol–water partition coefficient (Wildman–Crippen LogP) is 1.81. The van der Waals surface area contributed by atoms with Crippen molar-refractivity contribution >= 4 is 5.91 Å². The lowest BCUT2D eigenvalue weighted by atomic mass is 10.0. The van der Waals surface area contributed by atoms with Gasteiger partial charge in [0.2, 0.25) is 5.91 Å². The topological polar surface area (TPSA) is 62.2 Å². The molecule has 1 saturated heterocycles. The van der Waals surface area contributed by atoms with E-state index in [2.05, 4.69) is 51.7 Å². The highest BCUT2D eigenvalue weighted by Crippen LogP contribution is 2.20. The average Bonchev–Trinajstić information content (AvgIpc) is 3.08. The van der Waals surface area contributed by atoms with Gasteiger partial charge in [0.05, 0.1) is 18.6 Å². The Morgan fingerprint density at radius 2 is 2.15 bits per heavy atom. The van der Waals surface area contributed by atoms with E-state index in [-0.39, 0.29) is 18.0 Å². The van der Waals surface area contributed by atoms with E-state index in [1.807, 2.05) is 30.9 Å². The van der Waals surface area contributed by atoms with E-state index < -0.39 is 0 Å². The van der Waals surface area contributed by atoms with Gasteiger partial charge in [0.25, 0.3) is 0 Å². The molecule has 6 heteroatoms.